The highest BCUT2D eigenvalue weighted by Crippen LogP contribution is 2.16. The van der Waals surface area contributed by atoms with Crippen LogP contribution in [-0.4, -0.2) is 4.98 Å². The van der Waals surface area contributed by atoms with E-state index in [0.717, 1.165) is 23.8 Å². The molecule has 1 aromatic heterocycles. The molecule has 0 fully saturated rings. The quantitative estimate of drug-likeness (QED) is 0.907. The molecule has 1 heterocycles. The molecule has 2 rings (SSSR count). The Morgan fingerprint density at radius 2 is 1.72 bits per heavy atom. The van der Waals surface area contributed by atoms with Crippen molar-refractivity contribution in [3.8, 4) is 0 Å². The highest BCUT2D eigenvalue weighted by Gasteiger charge is 2.04. The lowest BCUT2D eigenvalue weighted by molar-refractivity contribution is 0.676. The second kappa shape index (κ2) is 5.63. The van der Waals surface area contributed by atoms with Gasteiger partial charge in [0.2, 0.25) is 0 Å². The maximum Gasteiger partial charge on any atom is 0.0897 e. The van der Waals surface area contributed by atoms with Crippen LogP contribution < -0.4 is 5.32 Å². The summed E-state index contributed by atoms with van der Waals surface area (Å²) >= 11 is 1.71. The van der Waals surface area contributed by atoms with Crippen LogP contribution in [0.15, 0.2) is 17.5 Å². The number of aryl methyl sites for hydroxylation is 4. The molecule has 2 aromatic rings. The minimum atomic E-state index is 0.844. The van der Waals surface area contributed by atoms with Gasteiger partial charge >= 0.3 is 0 Å². The Labute approximate surface area is 113 Å². The Morgan fingerprint density at radius 3 is 2.28 bits per heavy atom. The number of aromatic nitrogens is 1. The molecule has 3 heteroatoms. The molecule has 0 amide bonds. The van der Waals surface area contributed by atoms with Gasteiger partial charge in [0.1, 0.15) is 0 Å². The summed E-state index contributed by atoms with van der Waals surface area (Å²) in [5.74, 6) is 0. The minimum Gasteiger partial charge on any atom is -0.307 e. The fraction of sp³-hybridized carbons (Fsp3) is 0.400. The van der Waals surface area contributed by atoms with Crippen molar-refractivity contribution in [3.05, 3.63) is 50.5 Å². The van der Waals surface area contributed by atoms with Crippen molar-refractivity contribution in [3.63, 3.8) is 0 Å². The van der Waals surface area contributed by atoms with E-state index in [4.69, 9.17) is 0 Å². The van der Waals surface area contributed by atoms with Gasteiger partial charge in [-0.25, -0.2) is 4.98 Å². The van der Waals surface area contributed by atoms with E-state index in [9.17, 15) is 0 Å². The smallest absolute Gasteiger partial charge is 0.0897 e. The van der Waals surface area contributed by atoms with Crippen LogP contribution in [0.4, 0.5) is 0 Å². The molecule has 2 nitrogen and oxygen atoms in total. The Morgan fingerprint density at radius 1 is 1.06 bits per heavy atom. The van der Waals surface area contributed by atoms with Crippen LogP contribution in [0.25, 0.3) is 0 Å². The molecule has 1 N–H and O–H groups in total. The van der Waals surface area contributed by atoms with Crippen molar-refractivity contribution >= 4 is 11.3 Å². The molecule has 0 saturated heterocycles. The number of rotatable bonds is 4. The highest BCUT2D eigenvalue weighted by molar-refractivity contribution is 7.09. The first-order valence-corrected chi connectivity index (χ1v) is 7.12. The summed E-state index contributed by atoms with van der Waals surface area (Å²) < 4.78 is 0. The van der Waals surface area contributed by atoms with Crippen LogP contribution >= 0.6 is 11.3 Å². The number of hydrogen-bond donors (Lipinski definition) is 1. The SMILES string of the molecule is Cc1cc(C)c(CNCc2csc(C)n2)c(C)c1. The molecule has 0 bridgehead atoms. The van der Waals surface area contributed by atoms with Gasteiger partial charge in [0, 0.05) is 18.5 Å². The summed E-state index contributed by atoms with van der Waals surface area (Å²) in [5, 5.41) is 6.73. The van der Waals surface area contributed by atoms with Gasteiger partial charge in [0.25, 0.3) is 0 Å². The zero-order valence-electron chi connectivity index (χ0n) is 11.5. The maximum absolute atomic E-state index is 4.46. The van der Waals surface area contributed by atoms with Crippen LogP contribution in [0.3, 0.4) is 0 Å². The summed E-state index contributed by atoms with van der Waals surface area (Å²) in [6.07, 6.45) is 0. The molecule has 0 radical (unpaired) electrons. The first kappa shape index (κ1) is 13.2. The van der Waals surface area contributed by atoms with E-state index in [1.54, 1.807) is 11.3 Å². The Balaban J connectivity index is 1.98. The van der Waals surface area contributed by atoms with Crippen molar-refractivity contribution in [1.82, 2.24) is 10.3 Å². The topological polar surface area (TPSA) is 24.9 Å². The zero-order chi connectivity index (χ0) is 13.1. The first-order chi connectivity index (χ1) is 8.56. The average Bonchev–Trinajstić information content (AvgIpc) is 2.68. The number of nitrogens with zero attached hydrogens (tertiary/aromatic N) is 1. The first-order valence-electron chi connectivity index (χ1n) is 6.24. The lowest BCUT2D eigenvalue weighted by Gasteiger charge is -2.11. The third kappa shape index (κ3) is 3.18. The average molecular weight is 260 g/mol. The summed E-state index contributed by atoms with van der Waals surface area (Å²) in [6, 6.07) is 4.49. The van der Waals surface area contributed by atoms with Gasteiger partial charge in [-0.05, 0) is 44.4 Å². The summed E-state index contributed by atoms with van der Waals surface area (Å²) in [4.78, 5) is 4.46. The van der Waals surface area contributed by atoms with Crippen molar-refractivity contribution in [2.75, 3.05) is 0 Å². The van der Waals surface area contributed by atoms with Gasteiger partial charge in [-0.1, -0.05) is 17.7 Å². The van der Waals surface area contributed by atoms with Crippen molar-refractivity contribution in [2.45, 2.75) is 40.8 Å². The van der Waals surface area contributed by atoms with Gasteiger partial charge in [0.05, 0.1) is 10.7 Å². The molecule has 0 unspecified atom stereocenters. The lowest BCUT2D eigenvalue weighted by atomic mass is 10.00. The molecule has 0 aliphatic carbocycles. The molecular formula is C15H20N2S. The summed E-state index contributed by atoms with van der Waals surface area (Å²) in [5.41, 5.74) is 6.63. The number of thiazole rings is 1. The second-order valence-corrected chi connectivity index (χ2v) is 5.90. The monoisotopic (exact) mass is 260 g/mol. The zero-order valence-corrected chi connectivity index (χ0v) is 12.3. The van der Waals surface area contributed by atoms with Gasteiger partial charge in [-0.3, -0.25) is 0 Å². The van der Waals surface area contributed by atoms with E-state index in [-0.39, 0.29) is 0 Å². The Kier molecular flexibility index (Phi) is 4.15. The molecule has 0 atom stereocenters. The highest BCUT2D eigenvalue weighted by atomic mass is 32.1. The van der Waals surface area contributed by atoms with E-state index in [2.05, 4.69) is 48.6 Å². The van der Waals surface area contributed by atoms with Gasteiger partial charge in [-0.15, -0.1) is 11.3 Å². The summed E-state index contributed by atoms with van der Waals surface area (Å²) in [7, 11) is 0. The van der Waals surface area contributed by atoms with E-state index in [1.807, 2.05) is 6.92 Å². The third-order valence-electron chi connectivity index (χ3n) is 3.11. The van der Waals surface area contributed by atoms with Crippen LogP contribution in [0.2, 0.25) is 0 Å². The van der Waals surface area contributed by atoms with Crippen LogP contribution in [0.5, 0.6) is 0 Å². The number of benzene rings is 1. The van der Waals surface area contributed by atoms with Crippen LogP contribution in [0, 0.1) is 27.7 Å². The van der Waals surface area contributed by atoms with E-state index in [1.165, 1.54) is 22.3 Å². The Bertz CT molecular complexity index is 520. The molecule has 96 valence electrons. The fourth-order valence-electron chi connectivity index (χ4n) is 2.29. The minimum absolute atomic E-state index is 0.844. The van der Waals surface area contributed by atoms with E-state index >= 15 is 0 Å². The van der Waals surface area contributed by atoms with E-state index < -0.39 is 0 Å². The van der Waals surface area contributed by atoms with E-state index in [0.29, 0.717) is 0 Å². The van der Waals surface area contributed by atoms with Crippen molar-refractivity contribution in [2.24, 2.45) is 0 Å². The van der Waals surface area contributed by atoms with Gasteiger partial charge in [-0.2, -0.15) is 0 Å². The molecular weight excluding hydrogens is 240 g/mol. The number of hydrogen-bond acceptors (Lipinski definition) is 3. The van der Waals surface area contributed by atoms with Crippen molar-refractivity contribution < 1.29 is 0 Å². The molecule has 0 spiro atoms. The molecule has 0 saturated carbocycles. The standard InChI is InChI=1S/C15H20N2S/c1-10-5-11(2)15(12(3)6-10)8-16-7-14-9-18-13(4)17-14/h5-6,9,16H,7-8H2,1-4H3. The molecule has 18 heavy (non-hydrogen) atoms. The fourth-order valence-corrected chi connectivity index (χ4v) is 2.91. The second-order valence-electron chi connectivity index (χ2n) is 4.84. The van der Waals surface area contributed by atoms with Crippen molar-refractivity contribution in [1.29, 1.82) is 0 Å². The van der Waals surface area contributed by atoms with Crippen LogP contribution in [0.1, 0.15) is 33.0 Å². The molecule has 0 aliphatic rings. The lowest BCUT2D eigenvalue weighted by Crippen LogP contribution is -2.14. The predicted octanol–water partition coefficient (Wildman–Crippen LogP) is 3.67. The Hall–Kier alpha value is -1.19. The third-order valence-corrected chi connectivity index (χ3v) is 3.94. The predicted molar refractivity (Wildman–Crippen MR) is 78.0 cm³/mol. The summed E-state index contributed by atoms with van der Waals surface area (Å²) in [6.45, 7) is 10.3. The normalized spacial score (nSPS) is 10.9. The molecule has 0 aliphatic heterocycles. The largest absolute Gasteiger partial charge is 0.307 e. The number of nitrogens with one attached hydrogen (secondary N) is 1. The van der Waals surface area contributed by atoms with Gasteiger partial charge in [0.15, 0.2) is 0 Å². The van der Waals surface area contributed by atoms with Crippen LogP contribution in [-0.2, 0) is 13.1 Å². The molecule has 1 aromatic carbocycles. The van der Waals surface area contributed by atoms with Gasteiger partial charge < -0.3 is 5.32 Å². The maximum atomic E-state index is 4.46.